The summed E-state index contributed by atoms with van der Waals surface area (Å²) >= 11 is 0. The number of benzene rings is 1. The summed E-state index contributed by atoms with van der Waals surface area (Å²) < 4.78 is 0. The number of hydrogen-bond acceptors (Lipinski definition) is 3. The molecule has 0 fully saturated rings. The number of nitrogens with one attached hydrogen (secondary N) is 2. The maximum absolute atomic E-state index is 11.9. The number of carbonyl (C=O) groups is 2. The molecule has 0 aliphatic rings. The largest absolute Gasteiger partial charge is 0.353 e. The van der Waals surface area contributed by atoms with E-state index in [0.29, 0.717) is 24.6 Å². The molecule has 0 heterocycles. The first-order valence-electron chi connectivity index (χ1n) is 8.38. The highest BCUT2D eigenvalue weighted by atomic mass is 127. The molecular weight excluding hydrogens is 457 g/mol. The zero-order valence-corrected chi connectivity index (χ0v) is 19.0. The lowest BCUT2D eigenvalue weighted by molar-refractivity contribution is -0.127. The lowest BCUT2D eigenvalue weighted by Gasteiger charge is -2.15. The van der Waals surface area contributed by atoms with E-state index in [9.17, 15) is 9.59 Å². The first kappa shape index (κ1) is 24.9. The Morgan fingerprint density at radius 2 is 1.56 bits per heavy atom. The summed E-state index contributed by atoms with van der Waals surface area (Å²) in [7, 11) is 6.86. The van der Waals surface area contributed by atoms with Gasteiger partial charge in [-0.15, -0.1) is 24.0 Å². The summed E-state index contributed by atoms with van der Waals surface area (Å²) in [6, 6.07) is 7.33. The number of carbonyl (C=O) groups excluding carboxylic acids is 2. The zero-order valence-electron chi connectivity index (χ0n) is 16.7. The summed E-state index contributed by atoms with van der Waals surface area (Å²) in [5, 5.41) is 6.15. The molecule has 0 radical (unpaired) electrons. The van der Waals surface area contributed by atoms with Gasteiger partial charge in [0.1, 0.15) is 0 Å². The minimum atomic E-state index is -0.0404. The average molecular weight is 487 g/mol. The first-order valence-corrected chi connectivity index (χ1v) is 8.38. The Kier molecular flexibility index (Phi) is 11.4. The maximum Gasteiger partial charge on any atom is 0.253 e. The SMILES string of the molecule is C=C(C)CNC(=NCc1ccc(C(=O)N(C)C)cc1)NCC(=O)N(C)C.I. The lowest BCUT2D eigenvalue weighted by Crippen LogP contribution is -2.43. The Bertz CT molecular complexity index is 669. The number of halogens is 1. The Morgan fingerprint density at radius 1 is 1.00 bits per heavy atom. The van der Waals surface area contributed by atoms with E-state index in [1.807, 2.05) is 19.1 Å². The molecule has 0 aromatic heterocycles. The molecule has 1 rings (SSSR count). The molecule has 150 valence electrons. The van der Waals surface area contributed by atoms with E-state index in [0.717, 1.165) is 11.1 Å². The predicted octanol–water partition coefficient (Wildman–Crippen LogP) is 1.71. The number of hydrogen-bond donors (Lipinski definition) is 2. The number of guanidine groups is 1. The van der Waals surface area contributed by atoms with Gasteiger partial charge in [0, 0.05) is 40.3 Å². The van der Waals surface area contributed by atoms with E-state index in [1.165, 1.54) is 4.90 Å². The fourth-order valence-electron chi connectivity index (χ4n) is 1.91. The van der Waals surface area contributed by atoms with Crippen LogP contribution in [0.5, 0.6) is 0 Å². The Hall–Kier alpha value is -2.10. The van der Waals surface area contributed by atoms with Crippen LogP contribution in [0.1, 0.15) is 22.8 Å². The minimum Gasteiger partial charge on any atom is -0.353 e. The molecule has 2 N–H and O–H groups in total. The molecule has 0 atom stereocenters. The molecular formula is C19H30IN5O2. The van der Waals surface area contributed by atoms with Crippen LogP contribution in [0.15, 0.2) is 41.4 Å². The fraction of sp³-hybridized carbons (Fsp3) is 0.421. The molecule has 0 saturated heterocycles. The van der Waals surface area contributed by atoms with Crippen molar-refractivity contribution in [1.82, 2.24) is 20.4 Å². The number of rotatable bonds is 7. The normalized spacial score (nSPS) is 10.5. The maximum atomic E-state index is 11.9. The highest BCUT2D eigenvalue weighted by molar-refractivity contribution is 14.0. The molecule has 0 unspecified atom stereocenters. The lowest BCUT2D eigenvalue weighted by atomic mass is 10.1. The summed E-state index contributed by atoms with van der Waals surface area (Å²) in [6.45, 7) is 6.92. The molecule has 0 saturated carbocycles. The number of amides is 2. The van der Waals surface area contributed by atoms with Crippen molar-refractivity contribution in [3.8, 4) is 0 Å². The van der Waals surface area contributed by atoms with E-state index in [-0.39, 0.29) is 42.3 Å². The molecule has 8 heteroatoms. The van der Waals surface area contributed by atoms with Crippen LogP contribution in [0.4, 0.5) is 0 Å². The molecule has 2 amide bonds. The van der Waals surface area contributed by atoms with Crippen LogP contribution in [0.3, 0.4) is 0 Å². The Morgan fingerprint density at radius 3 is 2.04 bits per heavy atom. The second kappa shape index (κ2) is 12.3. The van der Waals surface area contributed by atoms with Gasteiger partial charge in [0.15, 0.2) is 5.96 Å². The van der Waals surface area contributed by atoms with Crippen LogP contribution in [0, 0.1) is 0 Å². The van der Waals surface area contributed by atoms with Gasteiger partial charge in [-0.3, -0.25) is 9.59 Å². The van der Waals surface area contributed by atoms with Gasteiger partial charge in [0.2, 0.25) is 5.91 Å². The topological polar surface area (TPSA) is 77.0 Å². The third-order valence-electron chi connectivity index (χ3n) is 3.49. The Labute approximate surface area is 178 Å². The monoisotopic (exact) mass is 487 g/mol. The number of aliphatic imine (C=N–C) groups is 1. The zero-order chi connectivity index (χ0) is 19.7. The highest BCUT2D eigenvalue weighted by Crippen LogP contribution is 2.07. The standard InChI is InChI=1S/C19H29N5O2.HI/c1-14(2)11-20-19(22-13-17(25)23(3)4)21-12-15-7-9-16(10-8-15)18(26)24(5)6;/h7-10H,1,11-13H2,2-6H3,(H2,20,21,22);1H. The van der Waals surface area contributed by atoms with Gasteiger partial charge >= 0.3 is 0 Å². The second-order valence-corrected chi connectivity index (χ2v) is 6.51. The number of nitrogens with zero attached hydrogens (tertiary/aromatic N) is 3. The van der Waals surface area contributed by atoms with Crippen molar-refractivity contribution in [2.45, 2.75) is 13.5 Å². The quantitative estimate of drug-likeness (QED) is 0.266. The molecule has 27 heavy (non-hydrogen) atoms. The molecule has 1 aromatic carbocycles. The molecule has 0 bridgehead atoms. The van der Waals surface area contributed by atoms with Gasteiger partial charge in [-0.05, 0) is 24.6 Å². The van der Waals surface area contributed by atoms with E-state index in [4.69, 9.17) is 0 Å². The second-order valence-electron chi connectivity index (χ2n) is 6.51. The van der Waals surface area contributed by atoms with Gasteiger partial charge in [-0.2, -0.15) is 0 Å². The van der Waals surface area contributed by atoms with Crippen LogP contribution in [-0.4, -0.2) is 68.9 Å². The van der Waals surface area contributed by atoms with Crippen molar-refractivity contribution >= 4 is 41.8 Å². The third kappa shape index (κ3) is 9.41. The van der Waals surface area contributed by atoms with Crippen LogP contribution in [0.2, 0.25) is 0 Å². The van der Waals surface area contributed by atoms with Crippen molar-refractivity contribution in [3.05, 3.63) is 47.5 Å². The minimum absolute atomic E-state index is 0. The van der Waals surface area contributed by atoms with Crippen molar-refractivity contribution in [1.29, 1.82) is 0 Å². The summed E-state index contributed by atoms with van der Waals surface area (Å²) in [5.41, 5.74) is 2.57. The van der Waals surface area contributed by atoms with Crippen molar-refractivity contribution in [2.75, 3.05) is 41.3 Å². The van der Waals surface area contributed by atoms with E-state index in [1.54, 1.807) is 45.2 Å². The first-order chi connectivity index (χ1) is 12.2. The van der Waals surface area contributed by atoms with E-state index in [2.05, 4.69) is 22.2 Å². The Balaban J connectivity index is 0.00000676. The third-order valence-corrected chi connectivity index (χ3v) is 3.49. The summed E-state index contributed by atoms with van der Waals surface area (Å²) in [6.07, 6.45) is 0. The van der Waals surface area contributed by atoms with Gasteiger partial charge in [0.05, 0.1) is 13.1 Å². The summed E-state index contributed by atoms with van der Waals surface area (Å²) in [5.74, 6) is 0.464. The van der Waals surface area contributed by atoms with E-state index >= 15 is 0 Å². The molecule has 7 nitrogen and oxygen atoms in total. The molecule has 0 aliphatic heterocycles. The fourth-order valence-corrected chi connectivity index (χ4v) is 1.91. The van der Waals surface area contributed by atoms with Crippen LogP contribution in [-0.2, 0) is 11.3 Å². The van der Waals surface area contributed by atoms with Crippen LogP contribution in [0.25, 0.3) is 0 Å². The van der Waals surface area contributed by atoms with Gasteiger partial charge < -0.3 is 20.4 Å². The van der Waals surface area contributed by atoms with Crippen LogP contribution < -0.4 is 10.6 Å². The number of likely N-dealkylation sites (N-methyl/N-ethyl adjacent to an activating group) is 1. The van der Waals surface area contributed by atoms with Crippen LogP contribution >= 0.6 is 24.0 Å². The van der Waals surface area contributed by atoms with Gasteiger partial charge in [-0.1, -0.05) is 24.3 Å². The predicted molar refractivity (Wildman–Crippen MR) is 121 cm³/mol. The van der Waals surface area contributed by atoms with E-state index < -0.39 is 0 Å². The summed E-state index contributed by atoms with van der Waals surface area (Å²) in [4.78, 5) is 31.2. The molecule has 0 aliphatic carbocycles. The van der Waals surface area contributed by atoms with Crippen molar-refractivity contribution in [2.24, 2.45) is 4.99 Å². The molecule has 1 aromatic rings. The smallest absolute Gasteiger partial charge is 0.253 e. The highest BCUT2D eigenvalue weighted by Gasteiger charge is 2.08. The van der Waals surface area contributed by atoms with Crippen molar-refractivity contribution in [3.63, 3.8) is 0 Å². The molecule has 0 spiro atoms. The van der Waals surface area contributed by atoms with Crippen molar-refractivity contribution < 1.29 is 9.59 Å². The van der Waals surface area contributed by atoms with Gasteiger partial charge in [-0.25, -0.2) is 4.99 Å². The van der Waals surface area contributed by atoms with Gasteiger partial charge in [0.25, 0.3) is 5.91 Å². The average Bonchev–Trinajstić information content (AvgIpc) is 2.60.